The summed E-state index contributed by atoms with van der Waals surface area (Å²) in [4.78, 5) is 12.1. The second-order valence-corrected chi connectivity index (χ2v) is 4.83. The zero-order valence-corrected chi connectivity index (χ0v) is 12.5. The number of carbonyl (C=O) groups is 1. The van der Waals surface area contributed by atoms with Crippen LogP contribution < -0.4 is 10.6 Å². The first-order valence-electron chi connectivity index (χ1n) is 6.87. The molecule has 0 radical (unpaired) electrons. The lowest BCUT2D eigenvalue weighted by atomic mass is 10.2. The van der Waals surface area contributed by atoms with Gasteiger partial charge in [0.15, 0.2) is 0 Å². The molecule has 0 bridgehead atoms. The highest BCUT2D eigenvalue weighted by Crippen LogP contribution is 2.12. The first-order chi connectivity index (χ1) is 11.1. The number of hydrogen-bond acceptors (Lipinski definition) is 4. The average molecular weight is 302 g/mol. The highest BCUT2D eigenvalue weighted by Gasteiger charge is 2.09. The number of nitrogens with zero attached hydrogens (tertiary/aromatic N) is 2. The molecule has 0 heterocycles. The van der Waals surface area contributed by atoms with E-state index in [9.17, 15) is 4.79 Å². The van der Waals surface area contributed by atoms with Crippen molar-refractivity contribution in [3.63, 3.8) is 0 Å². The Morgan fingerprint density at radius 2 is 1.83 bits per heavy atom. The first-order valence-corrected chi connectivity index (χ1v) is 6.87. The van der Waals surface area contributed by atoms with Gasteiger partial charge in [0.25, 0.3) is 5.91 Å². The van der Waals surface area contributed by atoms with Crippen molar-refractivity contribution in [2.45, 2.75) is 6.92 Å². The standard InChI is InChI=1S/C18H14N4O/c1-13-3-2-4-17(9-13)22-18(23)15(11-20)12-21-16-7-5-14(10-19)6-8-16/h2-9,12,21H,1H3,(H,22,23)/b15-12-. The SMILES string of the molecule is Cc1cccc(NC(=O)/C(C#N)=C\Nc2ccc(C#N)cc2)c1. The predicted molar refractivity (Wildman–Crippen MR) is 88.3 cm³/mol. The molecule has 5 nitrogen and oxygen atoms in total. The molecule has 0 aliphatic carbocycles. The van der Waals surface area contributed by atoms with Gasteiger partial charge in [-0.25, -0.2) is 0 Å². The first kappa shape index (κ1) is 15.8. The molecule has 5 heteroatoms. The zero-order chi connectivity index (χ0) is 16.7. The van der Waals surface area contributed by atoms with Crippen LogP contribution in [0.4, 0.5) is 11.4 Å². The smallest absolute Gasteiger partial charge is 0.267 e. The van der Waals surface area contributed by atoms with E-state index < -0.39 is 5.91 Å². The van der Waals surface area contributed by atoms with E-state index in [1.165, 1.54) is 6.20 Å². The minimum atomic E-state index is -0.487. The van der Waals surface area contributed by atoms with Crippen LogP contribution in [0.5, 0.6) is 0 Å². The Kier molecular flexibility index (Phi) is 5.12. The van der Waals surface area contributed by atoms with E-state index in [1.807, 2.05) is 37.3 Å². The van der Waals surface area contributed by atoms with Crippen LogP contribution in [-0.4, -0.2) is 5.91 Å². The lowest BCUT2D eigenvalue weighted by molar-refractivity contribution is -0.112. The Morgan fingerprint density at radius 3 is 2.43 bits per heavy atom. The molecule has 0 unspecified atom stereocenters. The molecule has 112 valence electrons. The highest BCUT2D eigenvalue weighted by molar-refractivity contribution is 6.06. The van der Waals surface area contributed by atoms with Gasteiger partial charge in [-0.15, -0.1) is 0 Å². The van der Waals surface area contributed by atoms with Gasteiger partial charge in [-0.05, 0) is 48.9 Å². The van der Waals surface area contributed by atoms with Crippen molar-refractivity contribution in [1.82, 2.24) is 0 Å². The summed E-state index contributed by atoms with van der Waals surface area (Å²) < 4.78 is 0. The average Bonchev–Trinajstić information content (AvgIpc) is 2.56. The second kappa shape index (κ2) is 7.44. The predicted octanol–water partition coefficient (Wildman–Crippen LogP) is 3.32. The molecule has 0 saturated carbocycles. The Labute approximate surface area is 134 Å². The van der Waals surface area contributed by atoms with Gasteiger partial charge in [0.05, 0.1) is 11.6 Å². The van der Waals surface area contributed by atoms with Crippen molar-refractivity contribution in [3.8, 4) is 12.1 Å². The minimum absolute atomic E-state index is 0.0455. The van der Waals surface area contributed by atoms with E-state index >= 15 is 0 Å². The maximum Gasteiger partial charge on any atom is 0.267 e. The van der Waals surface area contributed by atoms with E-state index in [4.69, 9.17) is 10.5 Å². The fourth-order valence-electron chi connectivity index (χ4n) is 1.87. The van der Waals surface area contributed by atoms with E-state index in [0.29, 0.717) is 16.9 Å². The summed E-state index contributed by atoms with van der Waals surface area (Å²) >= 11 is 0. The molecule has 2 rings (SSSR count). The summed E-state index contributed by atoms with van der Waals surface area (Å²) in [5, 5.41) is 23.4. The third kappa shape index (κ3) is 4.45. The molecule has 0 aromatic heterocycles. The van der Waals surface area contributed by atoms with Crippen molar-refractivity contribution >= 4 is 17.3 Å². The topological polar surface area (TPSA) is 88.7 Å². The van der Waals surface area contributed by atoms with Crippen LogP contribution in [0.1, 0.15) is 11.1 Å². The summed E-state index contributed by atoms with van der Waals surface area (Å²) in [5.74, 6) is -0.487. The van der Waals surface area contributed by atoms with Gasteiger partial charge in [-0.2, -0.15) is 10.5 Å². The fraction of sp³-hybridized carbons (Fsp3) is 0.0556. The summed E-state index contributed by atoms with van der Waals surface area (Å²) in [6, 6.07) is 17.9. The lowest BCUT2D eigenvalue weighted by Crippen LogP contribution is -2.14. The molecule has 2 N–H and O–H groups in total. The van der Waals surface area contributed by atoms with Gasteiger partial charge >= 0.3 is 0 Å². The maximum atomic E-state index is 12.1. The van der Waals surface area contributed by atoms with Crippen LogP contribution in [0.15, 0.2) is 60.3 Å². The van der Waals surface area contributed by atoms with Gasteiger partial charge < -0.3 is 10.6 Å². The van der Waals surface area contributed by atoms with Crippen LogP contribution in [0.2, 0.25) is 0 Å². The maximum absolute atomic E-state index is 12.1. The van der Waals surface area contributed by atoms with Gasteiger partial charge in [-0.3, -0.25) is 4.79 Å². The number of rotatable bonds is 4. The third-order valence-electron chi connectivity index (χ3n) is 3.04. The molecule has 0 aliphatic heterocycles. The number of amides is 1. The molecule has 0 fully saturated rings. The van der Waals surface area contributed by atoms with E-state index in [2.05, 4.69) is 10.6 Å². The molecule has 0 atom stereocenters. The molecule has 2 aromatic carbocycles. The molecule has 0 aliphatic rings. The number of aryl methyl sites for hydroxylation is 1. The van der Waals surface area contributed by atoms with Crippen molar-refractivity contribution in [1.29, 1.82) is 10.5 Å². The minimum Gasteiger partial charge on any atom is -0.360 e. The Balaban J connectivity index is 2.07. The van der Waals surface area contributed by atoms with Crippen LogP contribution >= 0.6 is 0 Å². The van der Waals surface area contributed by atoms with Gasteiger partial charge in [-0.1, -0.05) is 12.1 Å². The van der Waals surface area contributed by atoms with Crippen LogP contribution in [-0.2, 0) is 4.79 Å². The molecule has 0 saturated heterocycles. The molecular formula is C18H14N4O. The van der Waals surface area contributed by atoms with Crippen molar-refractivity contribution in [2.75, 3.05) is 10.6 Å². The quantitative estimate of drug-likeness (QED) is 0.669. The normalized spacial score (nSPS) is 10.3. The molecule has 1 amide bonds. The third-order valence-corrected chi connectivity index (χ3v) is 3.04. The Hall–Kier alpha value is -3.57. The van der Waals surface area contributed by atoms with Crippen molar-refractivity contribution in [2.24, 2.45) is 0 Å². The van der Waals surface area contributed by atoms with Gasteiger partial charge in [0, 0.05) is 17.6 Å². The van der Waals surface area contributed by atoms with Crippen LogP contribution in [0.3, 0.4) is 0 Å². The van der Waals surface area contributed by atoms with Crippen molar-refractivity contribution < 1.29 is 4.79 Å². The van der Waals surface area contributed by atoms with Gasteiger partial charge in [0.2, 0.25) is 0 Å². The second-order valence-electron chi connectivity index (χ2n) is 4.83. The summed E-state index contributed by atoms with van der Waals surface area (Å²) in [6.45, 7) is 1.92. The molecule has 23 heavy (non-hydrogen) atoms. The number of benzene rings is 2. The molecule has 2 aromatic rings. The fourth-order valence-corrected chi connectivity index (χ4v) is 1.87. The van der Waals surface area contributed by atoms with E-state index in [-0.39, 0.29) is 5.57 Å². The summed E-state index contributed by atoms with van der Waals surface area (Å²) in [7, 11) is 0. The number of anilines is 2. The highest BCUT2D eigenvalue weighted by atomic mass is 16.1. The largest absolute Gasteiger partial charge is 0.360 e. The van der Waals surface area contributed by atoms with E-state index in [1.54, 1.807) is 30.3 Å². The summed E-state index contributed by atoms with van der Waals surface area (Å²) in [5.41, 5.74) is 2.82. The molecule has 0 spiro atoms. The monoisotopic (exact) mass is 302 g/mol. The number of carbonyl (C=O) groups excluding carboxylic acids is 1. The number of nitrogens with one attached hydrogen (secondary N) is 2. The van der Waals surface area contributed by atoms with E-state index in [0.717, 1.165) is 5.56 Å². The molecular weight excluding hydrogens is 288 g/mol. The van der Waals surface area contributed by atoms with Crippen LogP contribution in [0.25, 0.3) is 0 Å². The van der Waals surface area contributed by atoms with Crippen LogP contribution in [0, 0.1) is 29.6 Å². The summed E-state index contributed by atoms with van der Waals surface area (Å²) in [6.07, 6.45) is 1.34. The Bertz CT molecular complexity index is 823. The Morgan fingerprint density at radius 1 is 1.09 bits per heavy atom. The lowest BCUT2D eigenvalue weighted by Gasteiger charge is -2.06. The van der Waals surface area contributed by atoms with Gasteiger partial charge in [0.1, 0.15) is 11.6 Å². The number of hydrogen-bond donors (Lipinski definition) is 2. The van der Waals surface area contributed by atoms with Crippen molar-refractivity contribution in [3.05, 3.63) is 71.4 Å². The zero-order valence-electron chi connectivity index (χ0n) is 12.5. The number of nitriles is 2.